The normalized spacial score (nSPS) is 17.9. The average Bonchev–Trinajstić information content (AvgIpc) is 2.90. The molecule has 1 N–H and O–H groups in total. The van der Waals surface area contributed by atoms with Gasteiger partial charge in [-0.05, 0) is 62.3 Å². The molecule has 1 nitrogen and oxygen atoms in total. The van der Waals surface area contributed by atoms with Crippen LogP contribution in [0, 0.1) is 25.6 Å². The summed E-state index contributed by atoms with van der Waals surface area (Å²) in [6, 6.07) is 4.47. The largest absolute Gasteiger partial charge is 0.310 e. The van der Waals surface area contributed by atoms with Gasteiger partial charge in [0.1, 0.15) is 5.82 Å². The van der Waals surface area contributed by atoms with Crippen molar-refractivity contribution < 1.29 is 4.39 Å². The van der Waals surface area contributed by atoms with E-state index in [4.69, 9.17) is 0 Å². The average molecular weight is 263 g/mol. The van der Waals surface area contributed by atoms with Crippen LogP contribution in [0.2, 0.25) is 0 Å². The third kappa shape index (κ3) is 3.36. The molecule has 2 rings (SSSR count). The molecule has 0 saturated heterocycles. The van der Waals surface area contributed by atoms with Crippen molar-refractivity contribution in [2.75, 3.05) is 6.54 Å². The van der Waals surface area contributed by atoms with Gasteiger partial charge >= 0.3 is 0 Å². The summed E-state index contributed by atoms with van der Waals surface area (Å²) < 4.78 is 13.8. The first-order valence-electron chi connectivity index (χ1n) is 7.63. The lowest BCUT2D eigenvalue weighted by Crippen LogP contribution is -2.28. The summed E-state index contributed by atoms with van der Waals surface area (Å²) in [4.78, 5) is 0. The summed E-state index contributed by atoms with van der Waals surface area (Å²) in [6.45, 7) is 6.98. The first-order valence-corrected chi connectivity index (χ1v) is 7.63. The predicted octanol–water partition coefficient (Wildman–Crippen LogP) is 4.67. The molecule has 1 fully saturated rings. The summed E-state index contributed by atoms with van der Waals surface area (Å²) >= 11 is 0. The maximum Gasteiger partial charge on any atom is 0.129 e. The molecule has 0 heterocycles. The molecule has 0 aliphatic heterocycles. The number of hydrogen-bond acceptors (Lipinski definition) is 1. The third-order valence-corrected chi connectivity index (χ3v) is 4.30. The van der Waals surface area contributed by atoms with Gasteiger partial charge in [-0.25, -0.2) is 4.39 Å². The van der Waals surface area contributed by atoms with E-state index in [1.807, 2.05) is 26.0 Å². The van der Waals surface area contributed by atoms with Gasteiger partial charge in [-0.2, -0.15) is 0 Å². The Morgan fingerprint density at radius 1 is 1.21 bits per heavy atom. The van der Waals surface area contributed by atoms with Gasteiger partial charge in [0, 0.05) is 6.04 Å². The Hall–Kier alpha value is -0.890. The van der Waals surface area contributed by atoms with Gasteiger partial charge in [0.15, 0.2) is 0 Å². The lowest BCUT2D eigenvalue weighted by molar-refractivity contribution is 0.367. The van der Waals surface area contributed by atoms with E-state index >= 15 is 0 Å². The Morgan fingerprint density at radius 3 is 2.32 bits per heavy atom. The van der Waals surface area contributed by atoms with Gasteiger partial charge in [0.25, 0.3) is 0 Å². The Morgan fingerprint density at radius 2 is 1.79 bits per heavy atom. The monoisotopic (exact) mass is 263 g/mol. The first kappa shape index (κ1) is 14.5. The van der Waals surface area contributed by atoms with Crippen LogP contribution in [0.4, 0.5) is 4.39 Å². The van der Waals surface area contributed by atoms with Gasteiger partial charge < -0.3 is 5.32 Å². The van der Waals surface area contributed by atoms with Crippen LogP contribution >= 0.6 is 0 Å². The lowest BCUT2D eigenvalue weighted by Gasteiger charge is -2.26. The van der Waals surface area contributed by atoms with Gasteiger partial charge in [-0.15, -0.1) is 0 Å². The molecule has 1 saturated carbocycles. The zero-order valence-corrected chi connectivity index (χ0v) is 12.4. The second kappa shape index (κ2) is 6.51. The molecule has 1 aliphatic rings. The highest BCUT2D eigenvalue weighted by molar-refractivity contribution is 5.32. The van der Waals surface area contributed by atoms with Crippen LogP contribution in [0.5, 0.6) is 0 Å². The fraction of sp³-hybridized carbons (Fsp3) is 0.647. The molecule has 0 radical (unpaired) electrons. The molecule has 0 amide bonds. The molecular formula is C17H26FN. The molecule has 1 atom stereocenters. The molecule has 0 spiro atoms. The van der Waals surface area contributed by atoms with Crippen molar-refractivity contribution in [2.45, 2.75) is 58.9 Å². The highest BCUT2D eigenvalue weighted by Gasteiger charge is 2.26. The minimum atomic E-state index is -0.0515. The van der Waals surface area contributed by atoms with Crippen molar-refractivity contribution in [2.24, 2.45) is 5.92 Å². The van der Waals surface area contributed by atoms with Crippen LogP contribution in [0.3, 0.4) is 0 Å². The molecule has 19 heavy (non-hydrogen) atoms. The third-order valence-electron chi connectivity index (χ3n) is 4.30. The maximum absolute atomic E-state index is 13.8. The molecule has 0 bridgehead atoms. The highest BCUT2D eigenvalue weighted by atomic mass is 19.1. The molecule has 0 aromatic heterocycles. The van der Waals surface area contributed by atoms with E-state index in [0.717, 1.165) is 30.0 Å². The van der Waals surface area contributed by atoms with Crippen LogP contribution < -0.4 is 5.32 Å². The number of nitrogens with one attached hydrogen (secondary N) is 1. The zero-order chi connectivity index (χ0) is 13.8. The summed E-state index contributed by atoms with van der Waals surface area (Å²) in [6.07, 6.45) is 6.43. The van der Waals surface area contributed by atoms with E-state index < -0.39 is 0 Å². The predicted molar refractivity (Wildman–Crippen MR) is 78.9 cm³/mol. The van der Waals surface area contributed by atoms with Crippen LogP contribution in [-0.2, 0) is 0 Å². The molecule has 1 aliphatic carbocycles. The Kier molecular flexibility index (Phi) is 4.98. The number of aryl methyl sites for hydroxylation is 2. The van der Waals surface area contributed by atoms with Gasteiger partial charge in [0.05, 0.1) is 0 Å². The van der Waals surface area contributed by atoms with E-state index in [1.54, 1.807) is 0 Å². The summed E-state index contributed by atoms with van der Waals surface area (Å²) in [5.74, 6) is 0.667. The molecular weight excluding hydrogens is 237 g/mol. The van der Waals surface area contributed by atoms with Gasteiger partial charge in [-0.3, -0.25) is 0 Å². The van der Waals surface area contributed by atoms with Crippen molar-refractivity contribution in [1.29, 1.82) is 0 Å². The quantitative estimate of drug-likeness (QED) is 0.813. The van der Waals surface area contributed by atoms with Crippen molar-refractivity contribution in [3.05, 3.63) is 34.6 Å². The van der Waals surface area contributed by atoms with Gasteiger partial charge in [-0.1, -0.05) is 31.9 Å². The number of hydrogen-bond donors (Lipinski definition) is 1. The molecule has 1 aromatic carbocycles. The second-order valence-corrected chi connectivity index (χ2v) is 5.95. The summed E-state index contributed by atoms with van der Waals surface area (Å²) in [7, 11) is 0. The molecule has 1 unspecified atom stereocenters. The Bertz CT molecular complexity index is 398. The zero-order valence-electron chi connectivity index (χ0n) is 12.4. The molecule has 2 heteroatoms. The smallest absolute Gasteiger partial charge is 0.129 e. The number of halogens is 1. The standard InChI is InChI=1S/C17H26FN/c1-4-9-19-17(14-7-5-6-8-14)15-10-12(2)16(18)13(3)11-15/h10-11,14,17,19H,4-9H2,1-3H3. The number of rotatable bonds is 5. The van der Waals surface area contributed by atoms with E-state index in [2.05, 4.69) is 12.2 Å². The van der Waals surface area contributed by atoms with Crippen molar-refractivity contribution in [3.63, 3.8) is 0 Å². The Balaban J connectivity index is 2.26. The molecule has 1 aromatic rings. The first-order chi connectivity index (χ1) is 9.13. The van der Waals surface area contributed by atoms with Crippen molar-refractivity contribution in [3.8, 4) is 0 Å². The maximum atomic E-state index is 13.8. The van der Waals surface area contributed by atoms with E-state index in [-0.39, 0.29) is 5.82 Å². The second-order valence-electron chi connectivity index (χ2n) is 5.95. The summed E-state index contributed by atoms with van der Waals surface area (Å²) in [5, 5.41) is 3.68. The summed E-state index contributed by atoms with van der Waals surface area (Å²) in [5.41, 5.74) is 2.82. The molecule has 106 valence electrons. The minimum absolute atomic E-state index is 0.0515. The van der Waals surface area contributed by atoms with Gasteiger partial charge in [0.2, 0.25) is 0 Å². The van der Waals surface area contributed by atoms with Crippen LogP contribution in [0.1, 0.15) is 61.8 Å². The minimum Gasteiger partial charge on any atom is -0.310 e. The fourth-order valence-electron chi connectivity index (χ4n) is 3.31. The fourth-order valence-corrected chi connectivity index (χ4v) is 3.31. The van der Waals surface area contributed by atoms with E-state index in [1.165, 1.54) is 31.2 Å². The number of benzene rings is 1. The van der Waals surface area contributed by atoms with E-state index in [0.29, 0.717) is 6.04 Å². The van der Waals surface area contributed by atoms with Crippen molar-refractivity contribution >= 4 is 0 Å². The SMILES string of the molecule is CCCNC(c1cc(C)c(F)c(C)c1)C1CCCC1. The van der Waals surface area contributed by atoms with Crippen LogP contribution in [0.15, 0.2) is 12.1 Å². The Labute approximate surface area is 116 Å². The van der Waals surface area contributed by atoms with Crippen LogP contribution in [-0.4, -0.2) is 6.54 Å². The van der Waals surface area contributed by atoms with Crippen LogP contribution in [0.25, 0.3) is 0 Å². The van der Waals surface area contributed by atoms with E-state index in [9.17, 15) is 4.39 Å². The van der Waals surface area contributed by atoms with Crippen molar-refractivity contribution in [1.82, 2.24) is 5.32 Å². The lowest BCUT2D eigenvalue weighted by atomic mass is 9.89. The topological polar surface area (TPSA) is 12.0 Å². The highest BCUT2D eigenvalue weighted by Crippen LogP contribution is 2.36.